The van der Waals surface area contributed by atoms with Crippen molar-refractivity contribution in [3.63, 3.8) is 0 Å². The van der Waals surface area contributed by atoms with Gasteiger partial charge in [-0.3, -0.25) is 0 Å². The summed E-state index contributed by atoms with van der Waals surface area (Å²) in [5, 5.41) is 8.43. The first kappa shape index (κ1) is 12.0. The zero-order chi connectivity index (χ0) is 11.6. The molecule has 0 radical (unpaired) electrons. The Bertz CT molecular complexity index is 355. The summed E-state index contributed by atoms with van der Waals surface area (Å²) >= 11 is 0. The van der Waals surface area contributed by atoms with Crippen LogP contribution in [0.1, 0.15) is 17.2 Å². The lowest BCUT2D eigenvalue weighted by molar-refractivity contribution is -0.0712. The first-order valence-electron chi connectivity index (χ1n) is 4.39. The molecule has 0 bridgehead atoms. The lowest BCUT2D eigenvalue weighted by atomic mass is 10.0. The second-order valence-corrected chi connectivity index (χ2v) is 3.41. The van der Waals surface area contributed by atoms with Gasteiger partial charge >= 0.3 is 0 Å². The summed E-state index contributed by atoms with van der Waals surface area (Å²) in [5.74, 6) is -4.03. The summed E-state index contributed by atoms with van der Waals surface area (Å²) in [6, 6.07) is 1.96. The molecule has 15 heavy (non-hydrogen) atoms. The number of aliphatic hydroxyl groups is 1. The predicted molar refractivity (Wildman–Crippen MR) is 50.1 cm³/mol. The number of hydrogen-bond donors (Lipinski definition) is 2. The number of nitrogens with two attached hydrogens (primary N) is 1. The Balaban J connectivity index is 3.02. The molecule has 1 aromatic carbocycles. The maximum atomic E-state index is 13.1. The molecule has 3 N–H and O–H groups in total. The topological polar surface area (TPSA) is 46.2 Å². The summed E-state index contributed by atoms with van der Waals surface area (Å²) in [6.45, 7) is 0.165. The average molecular weight is 219 g/mol. The van der Waals surface area contributed by atoms with Gasteiger partial charge in [-0.1, -0.05) is 12.1 Å². The third kappa shape index (κ3) is 2.49. The molecule has 84 valence electrons. The van der Waals surface area contributed by atoms with Gasteiger partial charge in [-0.15, -0.1) is 0 Å². The van der Waals surface area contributed by atoms with E-state index in [0.717, 1.165) is 6.07 Å². The van der Waals surface area contributed by atoms with E-state index < -0.39 is 24.4 Å². The van der Waals surface area contributed by atoms with Gasteiger partial charge < -0.3 is 10.8 Å². The van der Waals surface area contributed by atoms with Gasteiger partial charge in [0.2, 0.25) is 0 Å². The van der Waals surface area contributed by atoms with E-state index >= 15 is 0 Å². The molecule has 0 fully saturated rings. The molecule has 1 aromatic rings. The number of aryl methyl sites for hydroxylation is 1. The van der Waals surface area contributed by atoms with Crippen LogP contribution in [0.5, 0.6) is 0 Å². The molecule has 0 aliphatic rings. The molecule has 5 heteroatoms. The number of rotatable bonds is 3. The lowest BCUT2D eigenvalue weighted by Crippen LogP contribution is -2.36. The highest BCUT2D eigenvalue weighted by Crippen LogP contribution is 2.29. The highest BCUT2D eigenvalue weighted by molar-refractivity contribution is 5.26. The van der Waals surface area contributed by atoms with E-state index in [0.29, 0.717) is 5.56 Å². The van der Waals surface area contributed by atoms with Gasteiger partial charge in [0.1, 0.15) is 12.4 Å². The Labute approximate surface area is 85.5 Å². The van der Waals surface area contributed by atoms with E-state index in [4.69, 9.17) is 10.8 Å². The van der Waals surface area contributed by atoms with Crippen LogP contribution in [0.3, 0.4) is 0 Å². The number of halogens is 3. The molecule has 0 aromatic heterocycles. The van der Waals surface area contributed by atoms with Crippen LogP contribution in [-0.4, -0.2) is 17.6 Å². The molecule has 2 nitrogen and oxygen atoms in total. The molecular formula is C10H12F3NO. The summed E-state index contributed by atoms with van der Waals surface area (Å²) in [6.07, 6.45) is 0. The van der Waals surface area contributed by atoms with Crippen molar-refractivity contribution in [3.8, 4) is 0 Å². The van der Waals surface area contributed by atoms with Gasteiger partial charge in [-0.05, 0) is 24.1 Å². The average Bonchev–Trinajstić information content (AvgIpc) is 2.21. The van der Waals surface area contributed by atoms with E-state index in [1.54, 1.807) is 0 Å². The minimum absolute atomic E-state index is 0.0304. The van der Waals surface area contributed by atoms with Gasteiger partial charge in [-0.2, -0.15) is 0 Å². The molecule has 0 saturated carbocycles. The first-order valence-corrected chi connectivity index (χ1v) is 4.39. The Kier molecular flexibility index (Phi) is 3.36. The van der Waals surface area contributed by atoms with Crippen molar-refractivity contribution in [2.24, 2.45) is 5.73 Å². The fourth-order valence-corrected chi connectivity index (χ4v) is 1.14. The van der Waals surface area contributed by atoms with Crippen LogP contribution in [0.25, 0.3) is 0 Å². The summed E-state index contributed by atoms with van der Waals surface area (Å²) < 4.78 is 39.0. The normalized spacial score (nSPS) is 14.0. The lowest BCUT2D eigenvalue weighted by Gasteiger charge is -2.21. The van der Waals surface area contributed by atoms with Crippen molar-refractivity contribution < 1.29 is 18.3 Å². The highest BCUT2D eigenvalue weighted by atomic mass is 19.3. The Morgan fingerprint density at radius 1 is 1.47 bits per heavy atom. The second-order valence-electron chi connectivity index (χ2n) is 3.41. The van der Waals surface area contributed by atoms with Crippen molar-refractivity contribution in [2.45, 2.75) is 18.9 Å². The van der Waals surface area contributed by atoms with Crippen LogP contribution in [0.2, 0.25) is 0 Å². The van der Waals surface area contributed by atoms with Gasteiger partial charge in [0.15, 0.2) is 0 Å². The number of benzene rings is 1. The van der Waals surface area contributed by atoms with Crippen LogP contribution >= 0.6 is 0 Å². The summed E-state index contributed by atoms with van der Waals surface area (Å²) in [4.78, 5) is 0. The number of alkyl halides is 2. The third-order valence-corrected chi connectivity index (χ3v) is 2.22. The number of hydrogen-bond acceptors (Lipinski definition) is 2. The van der Waals surface area contributed by atoms with Crippen LogP contribution < -0.4 is 5.73 Å². The van der Waals surface area contributed by atoms with E-state index in [9.17, 15) is 13.2 Å². The molecule has 0 unspecified atom stereocenters. The second kappa shape index (κ2) is 4.20. The first-order chi connectivity index (χ1) is 6.88. The van der Waals surface area contributed by atoms with E-state index in [-0.39, 0.29) is 5.56 Å². The van der Waals surface area contributed by atoms with E-state index in [1.807, 2.05) is 0 Å². The van der Waals surface area contributed by atoms with Crippen LogP contribution in [0.15, 0.2) is 18.2 Å². The molecule has 0 heterocycles. The quantitative estimate of drug-likeness (QED) is 0.813. The van der Waals surface area contributed by atoms with Crippen molar-refractivity contribution in [1.29, 1.82) is 0 Å². The van der Waals surface area contributed by atoms with Crippen LogP contribution in [0.4, 0.5) is 13.2 Å². The van der Waals surface area contributed by atoms with E-state index in [1.165, 1.54) is 19.1 Å². The van der Waals surface area contributed by atoms with Crippen molar-refractivity contribution in [1.82, 2.24) is 0 Å². The Morgan fingerprint density at radius 3 is 2.53 bits per heavy atom. The van der Waals surface area contributed by atoms with Crippen LogP contribution in [-0.2, 0) is 0 Å². The third-order valence-electron chi connectivity index (χ3n) is 2.22. The molecule has 1 rings (SSSR count). The van der Waals surface area contributed by atoms with Gasteiger partial charge in [0, 0.05) is 0 Å². The summed E-state index contributed by atoms with van der Waals surface area (Å²) in [5.41, 5.74) is 5.55. The minimum atomic E-state index is -3.44. The molecule has 0 aliphatic heterocycles. The monoisotopic (exact) mass is 219 g/mol. The zero-order valence-corrected chi connectivity index (χ0v) is 8.17. The standard InChI is InChI=1S/C10H12F3NO/c1-6-2-3-7(4-8(6)11)9(14)10(12,13)5-15/h2-4,9,15H,5,14H2,1H3/t9-/m0/s1. The van der Waals surface area contributed by atoms with Crippen LogP contribution in [0, 0.1) is 12.7 Å². The molecular weight excluding hydrogens is 207 g/mol. The molecule has 0 amide bonds. The van der Waals surface area contributed by atoms with E-state index in [2.05, 4.69) is 0 Å². The zero-order valence-electron chi connectivity index (χ0n) is 8.17. The van der Waals surface area contributed by atoms with Gasteiger partial charge in [0.25, 0.3) is 5.92 Å². The van der Waals surface area contributed by atoms with Gasteiger partial charge in [0.05, 0.1) is 6.04 Å². The molecule has 0 spiro atoms. The summed E-state index contributed by atoms with van der Waals surface area (Å²) in [7, 11) is 0. The Hall–Kier alpha value is -1.07. The minimum Gasteiger partial charge on any atom is -0.390 e. The smallest absolute Gasteiger partial charge is 0.289 e. The van der Waals surface area contributed by atoms with Crippen molar-refractivity contribution in [2.75, 3.05) is 6.61 Å². The van der Waals surface area contributed by atoms with Crippen molar-refractivity contribution in [3.05, 3.63) is 35.1 Å². The molecule has 0 aliphatic carbocycles. The van der Waals surface area contributed by atoms with Gasteiger partial charge in [-0.25, -0.2) is 13.2 Å². The highest BCUT2D eigenvalue weighted by Gasteiger charge is 2.37. The fraction of sp³-hybridized carbons (Fsp3) is 0.400. The molecule has 1 atom stereocenters. The Morgan fingerprint density at radius 2 is 2.07 bits per heavy atom. The SMILES string of the molecule is Cc1ccc([C@H](N)C(F)(F)CO)cc1F. The molecule has 0 saturated heterocycles. The maximum absolute atomic E-state index is 13.1. The maximum Gasteiger partial charge on any atom is 0.289 e. The fourth-order valence-electron chi connectivity index (χ4n) is 1.14. The van der Waals surface area contributed by atoms with Crippen molar-refractivity contribution >= 4 is 0 Å². The largest absolute Gasteiger partial charge is 0.390 e. The predicted octanol–water partition coefficient (Wildman–Crippen LogP) is 1.76. The number of aliphatic hydroxyl groups excluding tert-OH is 1.